The Balaban J connectivity index is 2.21. The van der Waals surface area contributed by atoms with Gasteiger partial charge in [-0.15, -0.1) is 0 Å². The zero-order valence-electron chi connectivity index (χ0n) is 10.7. The first-order valence-electron chi connectivity index (χ1n) is 6.01. The molecule has 3 N–H and O–H groups in total. The predicted octanol–water partition coefficient (Wildman–Crippen LogP) is 2.56. The number of rotatable bonds is 3. The SMILES string of the molecule is Cc1cc(C)cc(CC(O)c2cnccc2N)c1. The summed E-state index contributed by atoms with van der Waals surface area (Å²) in [6.07, 6.45) is 3.20. The summed E-state index contributed by atoms with van der Waals surface area (Å²) >= 11 is 0. The van der Waals surface area contributed by atoms with Gasteiger partial charge in [-0.3, -0.25) is 4.98 Å². The molecule has 0 radical (unpaired) electrons. The number of anilines is 1. The van der Waals surface area contributed by atoms with E-state index in [0.717, 1.165) is 5.56 Å². The van der Waals surface area contributed by atoms with Crippen molar-refractivity contribution in [1.82, 2.24) is 4.98 Å². The van der Waals surface area contributed by atoms with Crippen LogP contribution in [-0.4, -0.2) is 10.1 Å². The number of aliphatic hydroxyl groups is 1. The van der Waals surface area contributed by atoms with E-state index in [9.17, 15) is 5.11 Å². The maximum atomic E-state index is 10.2. The molecule has 0 aliphatic carbocycles. The lowest BCUT2D eigenvalue weighted by molar-refractivity contribution is 0.179. The van der Waals surface area contributed by atoms with Gasteiger partial charge in [0.05, 0.1) is 6.10 Å². The maximum absolute atomic E-state index is 10.2. The van der Waals surface area contributed by atoms with Crippen molar-refractivity contribution in [2.45, 2.75) is 26.4 Å². The standard InChI is InChI=1S/C15H18N2O/c1-10-5-11(2)7-12(6-10)8-15(18)13-9-17-4-3-14(13)16/h3-7,9,15,18H,8H2,1-2H3,(H2,16,17). The molecule has 2 rings (SSSR count). The number of hydrogen-bond donors (Lipinski definition) is 2. The van der Waals surface area contributed by atoms with Gasteiger partial charge in [-0.2, -0.15) is 0 Å². The van der Waals surface area contributed by atoms with Gasteiger partial charge in [0.25, 0.3) is 0 Å². The van der Waals surface area contributed by atoms with Crippen molar-refractivity contribution >= 4 is 5.69 Å². The van der Waals surface area contributed by atoms with E-state index in [2.05, 4.69) is 37.0 Å². The molecule has 0 amide bonds. The van der Waals surface area contributed by atoms with E-state index in [4.69, 9.17) is 5.73 Å². The highest BCUT2D eigenvalue weighted by Gasteiger charge is 2.12. The molecule has 0 bridgehead atoms. The molecule has 1 atom stereocenters. The quantitative estimate of drug-likeness (QED) is 0.869. The summed E-state index contributed by atoms with van der Waals surface area (Å²) in [5, 5.41) is 10.2. The summed E-state index contributed by atoms with van der Waals surface area (Å²) in [6, 6.07) is 8.00. The molecular weight excluding hydrogens is 224 g/mol. The van der Waals surface area contributed by atoms with Gasteiger partial charge in [0, 0.05) is 30.1 Å². The number of aromatic nitrogens is 1. The molecule has 3 nitrogen and oxygen atoms in total. The Morgan fingerprint density at radius 2 is 1.89 bits per heavy atom. The van der Waals surface area contributed by atoms with Crippen molar-refractivity contribution in [2.75, 3.05) is 5.73 Å². The number of benzene rings is 1. The highest BCUT2D eigenvalue weighted by Crippen LogP contribution is 2.23. The molecule has 0 aliphatic rings. The van der Waals surface area contributed by atoms with Crippen molar-refractivity contribution in [3.63, 3.8) is 0 Å². The van der Waals surface area contributed by atoms with Gasteiger partial charge in [0.15, 0.2) is 0 Å². The van der Waals surface area contributed by atoms with Crippen LogP contribution in [0.25, 0.3) is 0 Å². The van der Waals surface area contributed by atoms with Gasteiger partial charge in [-0.1, -0.05) is 29.3 Å². The van der Waals surface area contributed by atoms with Crippen molar-refractivity contribution in [3.05, 3.63) is 58.9 Å². The van der Waals surface area contributed by atoms with Crippen LogP contribution in [0, 0.1) is 13.8 Å². The summed E-state index contributed by atoms with van der Waals surface area (Å²) in [5.41, 5.74) is 10.6. The van der Waals surface area contributed by atoms with Gasteiger partial charge in [-0.05, 0) is 25.5 Å². The fraction of sp³-hybridized carbons (Fsp3) is 0.267. The molecule has 1 aromatic heterocycles. The molecule has 0 saturated heterocycles. The third kappa shape index (κ3) is 2.87. The Hall–Kier alpha value is -1.87. The largest absolute Gasteiger partial charge is 0.398 e. The minimum atomic E-state index is -0.611. The lowest BCUT2D eigenvalue weighted by Gasteiger charge is -2.13. The molecular formula is C15H18N2O. The maximum Gasteiger partial charge on any atom is 0.0865 e. The minimum Gasteiger partial charge on any atom is -0.398 e. The second-order valence-corrected chi connectivity index (χ2v) is 4.72. The zero-order chi connectivity index (χ0) is 13.1. The van der Waals surface area contributed by atoms with Gasteiger partial charge >= 0.3 is 0 Å². The van der Waals surface area contributed by atoms with Crippen LogP contribution in [0.2, 0.25) is 0 Å². The molecule has 1 aromatic carbocycles. The van der Waals surface area contributed by atoms with Crippen LogP contribution in [0.4, 0.5) is 5.69 Å². The normalized spacial score (nSPS) is 12.4. The van der Waals surface area contributed by atoms with Crippen molar-refractivity contribution in [1.29, 1.82) is 0 Å². The number of nitrogens with two attached hydrogens (primary N) is 1. The smallest absolute Gasteiger partial charge is 0.0865 e. The molecule has 3 heteroatoms. The van der Waals surface area contributed by atoms with Crippen LogP contribution < -0.4 is 5.73 Å². The molecule has 0 aliphatic heterocycles. The van der Waals surface area contributed by atoms with Crippen molar-refractivity contribution in [3.8, 4) is 0 Å². The second kappa shape index (κ2) is 5.19. The number of aliphatic hydroxyl groups excluding tert-OH is 1. The van der Waals surface area contributed by atoms with E-state index in [1.807, 2.05) is 0 Å². The average Bonchev–Trinajstić information content (AvgIpc) is 2.27. The number of aryl methyl sites for hydroxylation is 2. The van der Waals surface area contributed by atoms with Crippen LogP contribution in [0.1, 0.15) is 28.4 Å². The highest BCUT2D eigenvalue weighted by molar-refractivity contribution is 5.46. The molecule has 1 heterocycles. The van der Waals surface area contributed by atoms with Crippen molar-refractivity contribution < 1.29 is 5.11 Å². The fourth-order valence-corrected chi connectivity index (χ4v) is 2.22. The summed E-state index contributed by atoms with van der Waals surface area (Å²) in [5.74, 6) is 0. The molecule has 0 fully saturated rings. The Morgan fingerprint density at radius 1 is 1.22 bits per heavy atom. The van der Waals surface area contributed by atoms with Crippen LogP contribution in [0.5, 0.6) is 0 Å². The molecule has 1 unspecified atom stereocenters. The van der Waals surface area contributed by atoms with Crippen LogP contribution in [0.3, 0.4) is 0 Å². The molecule has 2 aromatic rings. The number of pyridine rings is 1. The van der Waals surface area contributed by atoms with E-state index < -0.39 is 6.10 Å². The zero-order valence-corrected chi connectivity index (χ0v) is 10.7. The van der Waals surface area contributed by atoms with E-state index in [1.54, 1.807) is 18.5 Å². The predicted molar refractivity (Wildman–Crippen MR) is 73.2 cm³/mol. The third-order valence-corrected chi connectivity index (χ3v) is 2.96. The lowest BCUT2D eigenvalue weighted by atomic mass is 9.99. The Kier molecular flexibility index (Phi) is 3.63. The van der Waals surface area contributed by atoms with Crippen molar-refractivity contribution in [2.24, 2.45) is 0 Å². The van der Waals surface area contributed by atoms with Crippen LogP contribution in [0.15, 0.2) is 36.7 Å². The number of nitrogen functional groups attached to an aromatic ring is 1. The van der Waals surface area contributed by atoms with Gasteiger partial charge < -0.3 is 10.8 Å². The summed E-state index contributed by atoms with van der Waals surface area (Å²) in [6.45, 7) is 4.11. The first-order valence-corrected chi connectivity index (χ1v) is 6.01. The monoisotopic (exact) mass is 242 g/mol. The minimum absolute atomic E-state index is 0.554. The first-order chi connectivity index (χ1) is 8.56. The van der Waals surface area contributed by atoms with E-state index >= 15 is 0 Å². The van der Waals surface area contributed by atoms with E-state index in [-0.39, 0.29) is 0 Å². The van der Waals surface area contributed by atoms with Crippen LogP contribution >= 0.6 is 0 Å². The summed E-state index contributed by atoms with van der Waals surface area (Å²) in [7, 11) is 0. The summed E-state index contributed by atoms with van der Waals surface area (Å²) in [4.78, 5) is 4.00. The molecule has 18 heavy (non-hydrogen) atoms. The second-order valence-electron chi connectivity index (χ2n) is 4.72. The number of nitrogens with zero attached hydrogens (tertiary/aromatic N) is 1. The van der Waals surface area contributed by atoms with Gasteiger partial charge in [-0.25, -0.2) is 0 Å². The molecule has 0 saturated carbocycles. The van der Waals surface area contributed by atoms with E-state index in [0.29, 0.717) is 17.7 Å². The Bertz CT molecular complexity index is 532. The topological polar surface area (TPSA) is 59.1 Å². The van der Waals surface area contributed by atoms with Gasteiger partial charge in [0.1, 0.15) is 0 Å². The third-order valence-electron chi connectivity index (χ3n) is 2.96. The average molecular weight is 242 g/mol. The fourth-order valence-electron chi connectivity index (χ4n) is 2.22. The van der Waals surface area contributed by atoms with Crippen LogP contribution in [-0.2, 0) is 6.42 Å². The Labute approximate surface area is 107 Å². The number of hydrogen-bond acceptors (Lipinski definition) is 3. The van der Waals surface area contributed by atoms with Gasteiger partial charge in [0.2, 0.25) is 0 Å². The van der Waals surface area contributed by atoms with E-state index in [1.165, 1.54) is 11.1 Å². The highest BCUT2D eigenvalue weighted by atomic mass is 16.3. The molecule has 0 spiro atoms. The summed E-state index contributed by atoms with van der Waals surface area (Å²) < 4.78 is 0. The Morgan fingerprint density at radius 3 is 2.50 bits per heavy atom. The first kappa shape index (κ1) is 12.6. The lowest BCUT2D eigenvalue weighted by Crippen LogP contribution is -2.06. The molecule has 94 valence electrons.